The minimum Gasteiger partial charge on any atom is -0.339 e. The second-order valence-electron chi connectivity index (χ2n) is 3.55. The third kappa shape index (κ3) is 3.17. The van der Waals surface area contributed by atoms with Crippen LogP contribution < -0.4 is 5.32 Å². The van der Waals surface area contributed by atoms with Crippen molar-refractivity contribution in [3.63, 3.8) is 0 Å². The summed E-state index contributed by atoms with van der Waals surface area (Å²) in [6.07, 6.45) is 2.32. The molecule has 0 atom stereocenters. The number of hydrogen-bond donors (Lipinski definition) is 1. The fraction of sp³-hybridized carbons (Fsp3) is 0.900. The Balaban J connectivity index is 2.46. The molecule has 0 aromatic carbocycles. The molecule has 0 unspecified atom stereocenters. The lowest BCUT2D eigenvalue weighted by Gasteiger charge is -2.33. The van der Waals surface area contributed by atoms with E-state index >= 15 is 0 Å². The Hall–Kier alpha value is -0.220. The number of rotatable bonds is 4. The first-order valence-corrected chi connectivity index (χ1v) is 6.46. The molecular weight excluding hydrogens is 196 g/mol. The number of likely N-dealkylation sites (N-methyl/N-ethyl adjacent to an activating group) is 2. The van der Waals surface area contributed by atoms with Gasteiger partial charge in [0.25, 0.3) is 0 Å². The number of nitrogens with one attached hydrogen (secondary N) is 1. The largest absolute Gasteiger partial charge is 0.339 e. The molecule has 0 aromatic heterocycles. The van der Waals surface area contributed by atoms with Gasteiger partial charge in [0.2, 0.25) is 5.91 Å². The van der Waals surface area contributed by atoms with Gasteiger partial charge in [-0.1, -0.05) is 0 Å². The van der Waals surface area contributed by atoms with Crippen LogP contribution >= 0.6 is 11.8 Å². The first kappa shape index (κ1) is 11.9. The van der Waals surface area contributed by atoms with E-state index in [1.807, 2.05) is 23.7 Å². The van der Waals surface area contributed by atoms with Crippen LogP contribution in [0.1, 0.15) is 19.8 Å². The Kier molecular flexibility index (Phi) is 5.33. The molecule has 0 spiro atoms. The third-order valence-electron chi connectivity index (χ3n) is 2.62. The molecule has 1 aliphatic rings. The van der Waals surface area contributed by atoms with Crippen molar-refractivity contribution in [3.8, 4) is 0 Å². The second kappa shape index (κ2) is 6.30. The Labute approximate surface area is 90.6 Å². The minimum absolute atomic E-state index is 0.243. The van der Waals surface area contributed by atoms with Crippen molar-refractivity contribution in [3.05, 3.63) is 0 Å². The maximum atomic E-state index is 11.7. The fourth-order valence-corrected chi connectivity index (χ4v) is 2.97. The van der Waals surface area contributed by atoms with Gasteiger partial charge < -0.3 is 10.2 Å². The number of carbonyl (C=O) groups excluding carboxylic acids is 1. The summed E-state index contributed by atoms with van der Waals surface area (Å²) in [5, 5.41) is 2.92. The molecule has 0 bridgehead atoms. The van der Waals surface area contributed by atoms with Crippen LogP contribution in [-0.4, -0.2) is 48.5 Å². The summed E-state index contributed by atoms with van der Waals surface area (Å²) in [6.45, 7) is 3.38. The topological polar surface area (TPSA) is 32.3 Å². The van der Waals surface area contributed by atoms with E-state index in [9.17, 15) is 4.79 Å². The number of carbonyl (C=O) groups is 1. The summed E-state index contributed by atoms with van der Waals surface area (Å²) in [4.78, 5) is 13.8. The van der Waals surface area contributed by atoms with Gasteiger partial charge in [0, 0.05) is 12.6 Å². The molecule has 4 heteroatoms. The van der Waals surface area contributed by atoms with E-state index in [-0.39, 0.29) is 5.91 Å². The predicted molar refractivity (Wildman–Crippen MR) is 61.7 cm³/mol. The van der Waals surface area contributed by atoms with Gasteiger partial charge in [0.05, 0.1) is 6.54 Å². The van der Waals surface area contributed by atoms with E-state index in [2.05, 4.69) is 12.2 Å². The molecule has 1 fully saturated rings. The van der Waals surface area contributed by atoms with Crippen molar-refractivity contribution in [2.45, 2.75) is 25.8 Å². The van der Waals surface area contributed by atoms with Gasteiger partial charge >= 0.3 is 0 Å². The average Bonchev–Trinajstić information content (AvgIpc) is 2.21. The summed E-state index contributed by atoms with van der Waals surface area (Å²) < 4.78 is 0. The average molecular weight is 216 g/mol. The fourth-order valence-electron chi connectivity index (χ4n) is 1.89. The Morgan fingerprint density at radius 2 is 2.14 bits per heavy atom. The normalized spacial score (nSPS) is 18.1. The van der Waals surface area contributed by atoms with E-state index < -0.39 is 0 Å². The van der Waals surface area contributed by atoms with Crippen LogP contribution in [0.4, 0.5) is 0 Å². The van der Waals surface area contributed by atoms with Crippen LogP contribution in [-0.2, 0) is 4.79 Å². The van der Waals surface area contributed by atoms with Crippen molar-refractivity contribution in [1.82, 2.24) is 10.2 Å². The highest BCUT2D eigenvalue weighted by atomic mass is 32.2. The molecule has 14 heavy (non-hydrogen) atoms. The molecule has 1 heterocycles. The van der Waals surface area contributed by atoms with Crippen molar-refractivity contribution in [2.24, 2.45) is 0 Å². The number of thioether (sulfide) groups is 1. The number of hydrogen-bond acceptors (Lipinski definition) is 3. The van der Waals surface area contributed by atoms with Gasteiger partial charge in [-0.2, -0.15) is 11.8 Å². The number of amides is 1. The van der Waals surface area contributed by atoms with Crippen LogP contribution in [0.2, 0.25) is 0 Å². The molecule has 0 saturated carbocycles. The van der Waals surface area contributed by atoms with Crippen molar-refractivity contribution in [1.29, 1.82) is 0 Å². The Morgan fingerprint density at radius 1 is 1.50 bits per heavy atom. The summed E-state index contributed by atoms with van der Waals surface area (Å²) >= 11 is 2.00. The summed E-state index contributed by atoms with van der Waals surface area (Å²) in [5.74, 6) is 2.65. The Bertz CT molecular complexity index is 181. The van der Waals surface area contributed by atoms with Crippen LogP contribution in [0.5, 0.6) is 0 Å². The third-order valence-corrected chi connectivity index (χ3v) is 3.67. The van der Waals surface area contributed by atoms with E-state index in [1.165, 1.54) is 11.5 Å². The van der Waals surface area contributed by atoms with Gasteiger partial charge in [0.15, 0.2) is 0 Å². The zero-order valence-electron chi connectivity index (χ0n) is 9.08. The standard InChI is InChI=1S/C10H20N2OS/c1-3-12(10(13)8-11-2)9-4-6-14-7-5-9/h9,11H,3-8H2,1-2H3. The molecule has 0 aliphatic carbocycles. The first-order chi connectivity index (χ1) is 6.79. The van der Waals surface area contributed by atoms with Crippen LogP contribution in [0.25, 0.3) is 0 Å². The highest BCUT2D eigenvalue weighted by Crippen LogP contribution is 2.21. The van der Waals surface area contributed by atoms with Crippen LogP contribution in [0.3, 0.4) is 0 Å². The predicted octanol–water partition coefficient (Wildman–Crippen LogP) is 0.950. The first-order valence-electron chi connectivity index (χ1n) is 5.31. The summed E-state index contributed by atoms with van der Waals surface area (Å²) in [6, 6.07) is 0.488. The highest BCUT2D eigenvalue weighted by Gasteiger charge is 2.23. The lowest BCUT2D eigenvalue weighted by atomic mass is 10.1. The molecule has 1 N–H and O–H groups in total. The summed E-state index contributed by atoms with van der Waals surface area (Å²) in [7, 11) is 1.82. The highest BCUT2D eigenvalue weighted by molar-refractivity contribution is 7.99. The molecule has 3 nitrogen and oxygen atoms in total. The van der Waals surface area contributed by atoms with Gasteiger partial charge in [-0.25, -0.2) is 0 Å². The van der Waals surface area contributed by atoms with Gasteiger partial charge in [0.1, 0.15) is 0 Å². The smallest absolute Gasteiger partial charge is 0.236 e. The van der Waals surface area contributed by atoms with E-state index in [1.54, 1.807) is 0 Å². The lowest BCUT2D eigenvalue weighted by molar-refractivity contribution is -0.132. The van der Waals surface area contributed by atoms with Gasteiger partial charge in [-0.05, 0) is 38.3 Å². The lowest BCUT2D eigenvalue weighted by Crippen LogP contribution is -2.45. The van der Waals surface area contributed by atoms with Crippen LogP contribution in [0.15, 0.2) is 0 Å². The van der Waals surface area contributed by atoms with Crippen LogP contribution in [0, 0.1) is 0 Å². The molecule has 1 rings (SSSR count). The maximum absolute atomic E-state index is 11.7. The zero-order valence-corrected chi connectivity index (χ0v) is 9.90. The molecular formula is C10H20N2OS. The minimum atomic E-state index is 0.243. The molecule has 1 saturated heterocycles. The van der Waals surface area contributed by atoms with Gasteiger partial charge in [-0.15, -0.1) is 0 Å². The molecule has 1 aliphatic heterocycles. The van der Waals surface area contributed by atoms with E-state index in [4.69, 9.17) is 0 Å². The Morgan fingerprint density at radius 3 is 2.64 bits per heavy atom. The zero-order chi connectivity index (χ0) is 10.4. The molecule has 1 amide bonds. The SMILES string of the molecule is CCN(C(=O)CNC)C1CCSCC1. The van der Waals surface area contributed by atoms with E-state index in [0.29, 0.717) is 12.6 Å². The molecule has 0 radical (unpaired) electrons. The van der Waals surface area contributed by atoms with Gasteiger partial charge in [-0.3, -0.25) is 4.79 Å². The maximum Gasteiger partial charge on any atom is 0.236 e. The second-order valence-corrected chi connectivity index (χ2v) is 4.78. The van der Waals surface area contributed by atoms with Crippen molar-refractivity contribution >= 4 is 17.7 Å². The van der Waals surface area contributed by atoms with Crippen molar-refractivity contribution < 1.29 is 4.79 Å². The monoisotopic (exact) mass is 216 g/mol. The quantitative estimate of drug-likeness (QED) is 0.759. The number of nitrogens with zero attached hydrogens (tertiary/aromatic N) is 1. The summed E-state index contributed by atoms with van der Waals surface area (Å²) in [5.41, 5.74) is 0. The van der Waals surface area contributed by atoms with E-state index in [0.717, 1.165) is 19.4 Å². The molecule has 0 aromatic rings. The molecule has 82 valence electrons. The van der Waals surface area contributed by atoms with Crippen molar-refractivity contribution in [2.75, 3.05) is 31.6 Å².